The Bertz CT molecular complexity index is 1020. The van der Waals surface area contributed by atoms with E-state index in [0.29, 0.717) is 37.0 Å². The van der Waals surface area contributed by atoms with Gasteiger partial charge in [-0.25, -0.2) is 14.6 Å². The second kappa shape index (κ2) is 11.7. The number of ether oxygens (including phenoxy) is 2. The summed E-state index contributed by atoms with van der Waals surface area (Å²) in [6.45, 7) is 8.12. The molecule has 0 bridgehead atoms. The van der Waals surface area contributed by atoms with Crippen molar-refractivity contribution in [3.63, 3.8) is 0 Å². The Morgan fingerprint density at radius 2 is 1.97 bits per heavy atom. The molecule has 1 aromatic carbocycles. The average molecular weight is 459 g/mol. The molecule has 32 heavy (non-hydrogen) atoms. The van der Waals surface area contributed by atoms with Gasteiger partial charge in [0.1, 0.15) is 11.6 Å². The van der Waals surface area contributed by atoms with Gasteiger partial charge >= 0.3 is 0 Å². The number of methoxy groups -OCH3 is 1. The number of nitrogens with zero attached hydrogens (tertiary/aromatic N) is 4. The summed E-state index contributed by atoms with van der Waals surface area (Å²) >= 11 is 1.57. The minimum atomic E-state index is -0.142. The lowest BCUT2D eigenvalue weighted by Crippen LogP contribution is -2.27. The molecule has 0 aliphatic rings. The quantitative estimate of drug-likeness (QED) is 0.242. The molecule has 0 radical (unpaired) electrons. The van der Waals surface area contributed by atoms with Crippen LogP contribution in [0.3, 0.4) is 0 Å². The average Bonchev–Trinajstić information content (AvgIpc) is 3.17. The van der Waals surface area contributed by atoms with Crippen LogP contribution >= 0.6 is 11.8 Å². The minimum absolute atomic E-state index is 0.0920. The number of fused-ring (bicyclic) bond motifs is 1. The number of nitrogens with one attached hydrogen (secondary N) is 2. The van der Waals surface area contributed by atoms with Crippen molar-refractivity contribution in [1.29, 1.82) is 0 Å². The third kappa shape index (κ3) is 6.33. The number of benzene rings is 1. The summed E-state index contributed by atoms with van der Waals surface area (Å²) in [6, 6.07) is 7.13. The molecule has 10 heteroatoms. The first-order valence-corrected chi connectivity index (χ1v) is 11.6. The number of aromatic nitrogens is 4. The predicted molar refractivity (Wildman–Crippen MR) is 127 cm³/mol. The molecular weight excluding hydrogens is 428 g/mol. The zero-order valence-corrected chi connectivity index (χ0v) is 19.7. The molecule has 0 unspecified atom stereocenters. The Hall–Kier alpha value is -2.85. The number of thioether (sulfide) groups is 1. The molecule has 0 aliphatic heterocycles. The second-order valence-corrected chi connectivity index (χ2v) is 8.49. The van der Waals surface area contributed by atoms with Crippen LogP contribution in [0.15, 0.2) is 35.6 Å². The van der Waals surface area contributed by atoms with Crippen LogP contribution in [0, 0.1) is 0 Å². The first kappa shape index (κ1) is 23.8. The Kier molecular flexibility index (Phi) is 8.69. The third-order valence-corrected chi connectivity index (χ3v) is 5.17. The first-order valence-electron chi connectivity index (χ1n) is 10.7. The van der Waals surface area contributed by atoms with E-state index in [1.807, 2.05) is 13.8 Å². The highest BCUT2D eigenvalue weighted by molar-refractivity contribution is 7.99. The van der Waals surface area contributed by atoms with Gasteiger partial charge in [0, 0.05) is 25.8 Å². The number of anilines is 1. The number of carbonyl (C=O) groups is 1. The normalized spacial score (nSPS) is 11.2. The summed E-state index contributed by atoms with van der Waals surface area (Å²) in [4.78, 5) is 21.7. The maximum Gasteiger partial charge on any atom is 0.251 e. The van der Waals surface area contributed by atoms with Crippen LogP contribution < -0.4 is 15.4 Å². The number of hydrogen-bond acceptors (Lipinski definition) is 8. The zero-order valence-electron chi connectivity index (χ0n) is 18.9. The summed E-state index contributed by atoms with van der Waals surface area (Å²) < 4.78 is 12.5. The lowest BCUT2D eigenvalue weighted by molar-refractivity contribution is 0.0952. The van der Waals surface area contributed by atoms with E-state index in [9.17, 15) is 4.79 Å². The minimum Gasteiger partial charge on any atom is -0.491 e. The van der Waals surface area contributed by atoms with Gasteiger partial charge in [-0.1, -0.05) is 18.7 Å². The van der Waals surface area contributed by atoms with Crippen LogP contribution in [0.25, 0.3) is 11.0 Å². The monoisotopic (exact) mass is 458 g/mol. The zero-order chi connectivity index (χ0) is 22.9. The largest absolute Gasteiger partial charge is 0.491 e. The highest BCUT2D eigenvalue weighted by Gasteiger charge is 2.13. The molecule has 3 rings (SSSR count). The van der Waals surface area contributed by atoms with Gasteiger partial charge < -0.3 is 20.1 Å². The van der Waals surface area contributed by atoms with Crippen molar-refractivity contribution < 1.29 is 14.3 Å². The van der Waals surface area contributed by atoms with Crippen molar-refractivity contribution in [3.8, 4) is 5.75 Å². The van der Waals surface area contributed by atoms with E-state index in [4.69, 9.17) is 9.47 Å². The molecule has 2 heterocycles. The third-order valence-electron chi connectivity index (χ3n) is 4.45. The lowest BCUT2D eigenvalue weighted by atomic mass is 10.2. The standard InChI is InChI=1S/C22H30N6O3S/c1-5-32-22-26-19(23-11-13-30-4)18-14-25-28(20(18)27-22)12-10-24-21(29)16-6-8-17(9-7-16)31-15(2)3/h6-9,14-15H,5,10-13H2,1-4H3,(H,24,29)(H,23,26,27). The molecule has 0 saturated heterocycles. The molecule has 0 saturated carbocycles. The lowest BCUT2D eigenvalue weighted by Gasteiger charge is -2.11. The molecule has 0 aliphatic carbocycles. The van der Waals surface area contributed by atoms with Crippen molar-refractivity contribution in [2.24, 2.45) is 0 Å². The maximum atomic E-state index is 12.5. The van der Waals surface area contributed by atoms with Gasteiger partial charge in [0.25, 0.3) is 5.91 Å². The summed E-state index contributed by atoms with van der Waals surface area (Å²) in [6.07, 6.45) is 1.84. The maximum absolute atomic E-state index is 12.5. The van der Waals surface area contributed by atoms with E-state index in [2.05, 4.69) is 32.6 Å². The van der Waals surface area contributed by atoms with Gasteiger partial charge in [-0.15, -0.1) is 0 Å². The van der Waals surface area contributed by atoms with E-state index in [1.54, 1.807) is 54.0 Å². The molecule has 3 aromatic rings. The fourth-order valence-electron chi connectivity index (χ4n) is 3.03. The fraction of sp³-hybridized carbons (Fsp3) is 0.455. The summed E-state index contributed by atoms with van der Waals surface area (Å²) in [7, 11) is 1.66. The highest BCUT2D eigenvalue weighted by atomic mass is 32.2. The number of hydrogen-bond donors (Lipinski definition) is 2. The van der Waals surface area contributed by atoms with Crippen LogP contribution in [0.5, 0.6) is 5.75 Å². The molecule has 172 valence electrons. The van der Waals surface area contributed by atoms with Gasteiger partial charge in [0.15, 0.2) is 10.8 Å². The Morgan fingerprint density at radius 3 is 2.66 bits per heavy atom. The summed E-state index contributed by atoms with van der Waals surface area (Å²) in [5.74, 6) is 2.21. The molecule has 2 N–H and O–H groups in total. The summed E-state index contributed by atoms with van der Waals surface area (Å²) in [5.41, 5.74) is 1.32. The molecule has 1 amide bonds. The van der Waals surface area contributed by atoms with Crippen LogP contribution in [0.4, 0.5) is 5.82 Å². The number of carbonyl (C=O) groups excluding carboxylic acids is 1. The second-order valence-electron chi connectivity index (χ2n) is 7.26. The molecule has 0 atom stereocenters. The SMILES string of the molecule is CCSc1nc(NCCOC)c2cnn(CCNC(=O)c3ccc(OC(C)C)cc3)c2n1. The van der Waals surface area contributed by atoms with Crippen LogP contribution in [0.2, 0.25) is 0 Å². The van der Waals surface area contributed by atoms with Crippen LogP contribution in [-0.4, -0.2) is 64.3 Å². The van der Waals surface area contributed by atoms with E-state index >= 15 is 0 Å². The van der Waals surface area contributed by atoms with Gasteiger partial charge in [0.2, 0.25) is 0 Å². The van der Waals surface area contributed by atoms with E-state index in [1.165, 1.54) is 0 Å². The predicted octanol–water partition coefficient (Wildman–Crippen LogP) is 3.21. The topological polar surface area (TPSA) is 103 Å². The van der Waals surface area contributed by atoms with Crippen molar-refractivity contribution in [3.05, 3.63) is 36.0 Å². The van der Waals surface area contributed by atoms with Gasteiger partial charge in [0.05, 0.1) is 30.8 Å². The Morgan fingerprint density at radius 1 is 1.19 bits per heavy atom. The Balaban J connectivity index is 1.66. The molecule has 0 fully saturated rings. The smallest absolute Gasteiger partial charge is 0.251 e. The summed E-state index contributed by atoms with van der Waals surface area (Å²) in [5, 5.41) is 12.2. The van der Waals surface area contributed by atoms with Crippen LogP contribution in [-0.2, 0) is 11.3 Å². The molecule has 9 nitrogen and oxygen atoms in total. The Labute approximate surface area is 192 Å². The van der Waals surface area contributed by atoms with E-state index < -0.39 is 0 Å². The van der Waals surface area contributed by atoms with Crippen molar-refractivity contribution >= 4 is 34.5 Å². The van der Waals surface area contributed by atoms with E-state index in [0.717, 1.165) is 28.4 Å². The van der Waals surface area contributed by atoms with Crippen molar-refractivity contribution in [1.82, 2.24) is 25.1 Å². The first-order chi connectivity index (χ1) is 15.5. The van der Waals surface area contributed by atoms with Crippen LogP contribution in [0.1, 0.15) is 31.1 Å². The van der Waals surface area contributed by atoms with Gasteiger partial charge in [-0.2, -0.15) is 5.10 Å². The van der Waals surface area contributed by atoms with Gasteiger partial charge in [-0.3, -0.25) is 4.79 Å². The molecule has 0 spiro atoms. The molecular formula is C22H30N6O3S. The van der Waals surface area contributed by atoms with Crippen molar-refractivity contribution in [2.45, 2.75) is 38.6 Å². The molecule has 2 aromatic heterocycles. The van der Waals surface area contributed by atoms with E-state index in [-0.39, 0.29) is 12.0 Å². The van der Waals surface area contributed by atoms with Gasteiger partial charge in [-0.05, 0) is 43.9 Å². The number of amides is 1. The fourth-order valence-corrected chi connectivity index (χ4v) is 3.60. The van der Waals surface area contributed by atoms with Crippen molar-refractivity contribution in [2.75, 3.05) is 37.9 Å². The number of rotatable bonds is 12. The highest BCUT2D eigenvalue weighted by Crippen LogP contribution is 2.24.